The SMILES string of the molecule is CC[C@H](CO)C(=O)N1CC2(CCC(Oc3cccc(C(F)(F)F)n3)CC2)C1. The maximum Gasteiger partial charge on any atom is 0.433 e. The van der Waals surface area contributed by atoms with Crippen LogP contribution in [-0.2, 0) is 11.0 Å². The van der Waals surface area contributed by atoms with Crippen LogP contribution in [0.1, 0.15) is 44.7 Å². The van der Waals surface area contributed by atoms with Crippen molar-refractivity contribution in [1.29, 1.82) is 0 Å². The molecule has 0 aromatic carbocycles. The first-order valence-electron chi connectivity index (χ1n) is 9.37. The van der Waals surface area contributed by atoms with E-state index in [4.69, 9.17) is 4.74 Å². The fourth-order valence-electron chi connectivity index (χ4n) is 4.01. The minimum absolute atomic E-state index is 0.00456. The molecule has 1 amide bonds. The molecule has 27 heavy (non-hydrogen) atoms. The average molecular weight is 386 g/mol. The number of aliphatic hydroxyl groups excluding tert-OH is 1. The number of aromatic nitrogens is 1. The number of pyridine rings is 1. The van der Waals surface area contributed by atoms with Gasteiger partial charge in [-0.25, -0.2) is 4.98 Å². The minimum Gasteiger partial charge on any atom is -0.474 e. The number of aliphatic hydroxyl groups is 1. The Morgan fingerprint density at radius 3 is 2.59 bits per heavy atom. The second kappa shape index (κ2) is 7.66. The van der Waals surface area contributed by atoms with Crippen molar-refractivity contribution in [1.82, 2.24) is 9.88 Å². The van der Waals surface area contributed by atoms with Crippen molar-refractivity contribution in [3.63, 3.8) is 0 Å². The van der Waals surface area contributed by atoms with Crippen molar-refractivity contribution < 1.29 is 27.8 Å². The van der Waals surface area contributed by atoms with Gasteiger partial charge in [-0.1, -0.05) is 13.0 Å². The standard InChI is InChI=1S/C19H25F3N2O3/c1-2-13(10-25)17(26)24-11-18(12-24)8-6-14(7-9-18)27-16-5-3-4-15(23-16)19(20,21)22/h3-5,13-14,25H,2,6-12H2,1H3/t13-/m1/s1. The van der Waals surface area contributed by atoms with Crippen molar-refractivity contribution in [2.24, 2.45) is 11.3 Å². The predicted molar refractivity (Wildman–Crippen MR) is 92.0 cm³/mol. The normalized spacial score (nSPS) is 21.0. The van der Waals surface area contributed by atoms with E-state index in [1.54, 1.807) is 4.90 Å². The fraction of sp³-hybridized carbons (Fsp3) is 0.684. The molecule has 2 heterocycles. The van der Waals surface area contributed by atoms with Gasteiger partial charge in [0.15, 0.2) is 0 Å². The quantitative estimate of drug-likeness (QED) is 0.844. The van der Waals surface area contributed by atoms with Crippen LogP contribution in [-0.4, -0.2) is 46.7 Å². The van der Waals surface area contributed by atoms with E-state index >= 15 is 0 Å². The number of hydrogen-bond acceptors (Lipinski definition) is 4. The fourth-order valence-corrected chi connectivity index (χ4v) is 4.01. The lowest BCUT2D eigenvalue weighted by Crippen LogP contribution is -2.61. The molecule has 1 atom stereocenters. The zero-order chi connectivity index (χ0) is 19.7. The zero-order valence-electron chi connectivity index (χ0n) is 15.3. The average Bonchev–Trinajstić information content (AvgIpc) is 2.61. The molecule has 5 nitrogen and oxygen atoms in total. The number of carbonyl (C=O) groups is 1. The van der Waals surface area contributed by atoms with Crippen LogP contribution in [0.5, 0.6) is 5.88 Å². The summed E-state index contributed by atoms with van der Waals surface area (Å²) in [5.74, 6) is -0.309. The monoisotopic (exact) mass is 386 g/mol. The second-order valence-corrected chi connectivity index (χ2v) is 7.66. The topological polar surface area (TPSA) is 62.7 Å². The molecule has 2 fully saturated rings. The summed E-state index contributed by atoms with van der Waals surface area (Å²) in [6.45, 7) is 3.14. The number of amides is 1. The third-order valence-corrected chi connectivity index (χ3v) is 5.72. The minimum atomic E-state index is -4.48. The Bertz CT molecular complexity index is 660. The third-order valence-electron chi connectivity index (χ3n) is 5.72. The van der Waals surface area contributed by atoms with E-state index in [1.165, 1.54) is 12.1 Å². The molecule has 1 saturated carbocycles. The summed E-state index contributed by atoms with van der Waals surface area (Å²) in [4.78, 5) is 17.6. The van der Waals surface area contributed by atoms with Gasteiger partial charge < -0.3 is 14.7 Å². The Hall–Kier alpha value is -1.83. The van der Waals surface area contributed by atoms with E-state index in [1.807, 2.05) is 6.92 Å². The Kier molecular flexibility index (Phi) is 5.65. The summed E-state index contributed by atoms with van der Waals surface area (Å²) in [7, 11) is 0. The number of hydrogen-bond donors (Lipinski definition) is 1. The Balaban J connectivity index is 1.50. The summed E-state index contributed by atoms with van der Waals surface area (Å²) < 4.78 is 43.9. The maximum atomic E-state index is 12.7. The van der Waals surface area contributed by atoms with E-state index in [9.17, 15) is 23.1 Å². The lowest BCUT2D eigenvalue weighted by atomic mass is 9.67. The summed E-state index contributed by atoms with van der Waals surface area (Å²) in [5, 5.41) is 9.27. The molecule has 8 heteroatoms. The highest BCUT2D eigenvalue weighted by atomic mass is 19.4. The number of halogens is 3. The molecule has 150 valence electrons. The van der Waals surface area contributed by atoms with E-state index in [0.717, 1.165) is 31.7 Å². The molecule has 1 aromatic heterocycles. The van der Waals surface area contributed by atoms with Crippen LogP contribution >= 0.6 is 0 Å². The van der Waals surface area contributed by atoms with E-state index < -0.39 is 11.9 Å². The first-order chi connectivity index (χ1) is 12.8. The number of alkyl halides is 3. The van der Waals surface area contributed by atoms with Crippen LogP contribution in [0.2, 0.25) is 0 Å². The highest BCUT2D eigenvalue weighted by Crippen LogP contribution is 2.45. The molecule has 1 aromatic rings. The molecule has 3 rings (SSSR count). The van der Waals surface area contributed by atoms with Gasteiger partial charge in [0.25, 0.3) is 0 Å². The van der Waals surface area contributed by atoms with Crippen molar-refractivity contribution >= 4 is 5.91 Å². The van der Waals surface area contributed by atoms with Crippen LogP contribution in [0.4, 0.5) is 13.2 Å². The molecule has 1 spiro atoms. The van der Waals surface area contributed by atoms with Crippen molar-refractivity contribution in [2.45, 2.75) is 51.3 Å². The summed E-state index contributed by atoms with van der Waals surface area (Å²) in [6.07, 6.45) is -0.806. The van der Waals surface area contributed by atoms with Gasteiger partial charge in [-0.2, -0.15) is 13.2 Å². The number of ether oxygens (including phenoxy) is 1. The van der Waals surface area contributed by atoms with Gasteiger partial charge in [0.1, 0.15) is 11.8 Å². The van der Waals surface area contributed by atoms with Gasteiger partial charge in [-0.15, -0.1) is 0 Å². The zero-order valence-corrected chi connectivity index (χ0v) is 15.3. The second-order valence-electron chi connectivity index (χ2n) is 7.66. The molecular formula is C19H25F3N2O3. The third kappa shape index (κ3) is 4.36. The van der Waals surface area contributed by atoms with Gasteiger partial charge in [-0.05, 0) is 38.2 Å². The first-order valence-corrected chi connectivity index (χ1v) is 9.37. The first kappa shape index (κ1) is 19.9. The highest BCUT2D eigenvalue weighted by Gasteiger charge is 2.48. The Morgan fingerprint density at radius 2 is 2.04 bits per heavy atom. The van der Waals surface area contributed by atoms with Crippen LogP contribution in [0.3, 0.4) is 0 Å². The largest absolute Gasteiger partial charge is 0.474 e. The van der Waals surface area contributed by atoms with Crippen molar-refractivity contribution in [3.8, 4) is 5.88 Å². The van der Waals surface area contributed by atoms with Gasteiger partial charge in [0.05, 0.1) is 12.5 Å². The highest BCUT2D eigenvalue weighted by molar-refractivity contribution is 5.80. The van der Waals surface area contributed by atoms with Gasteiger partial charge in [0.2, 0.25) is 11.8 Å². The molecule has 0 bridgehead atoms. The van der Waals surface area contributed by atoms with E-state index in [-0.39, 0.29) is 35.8 Å². The van der Waals surface area contributed by atoms with Crippen LogP contribution < -0.4 is 4.74 Å². The predicted octanol–water partition coefficient (Wildman–Crippen LogP) is 3.27. The van der Waals surface area contributed by atoms with Crippen molar-refractivity contribution in [2.75, 3.05) is 19.7 Å². The van der Waals surface area contributed by atoms with E-state index in [2.05, 4.69) is 4.98 Å². The lowest BCUT2D eigenvalue weighted by Gasteiger charge is -2.54. The number of carbonyl (C=O) groups excluding carboxylic acids is 1. The van der Waals surface area contributed by atoms with Gasteiger partial charge >= 0.3 is 6.18 Å². The number of likely N-dealkylation sites (tertiary alicyclic amines) is 1. The molecule has 2 aliphatic rings. The summed E-state index contributed by atoms with van der Waals surface area (Å²) in [5.41, 5.74) is -0.861. The summed E-state index contributed by atoms with van der Waals surface area (Å²) in [6, 6.07) is 3.68. The lowest BCUT2D eigenvalue weighted by molar-refractivity contribution is -0.153. The van der Waals surface area contributed by atoms with Crippen molar-refractivity contribution in [3.05, 3.63) is 23.9 Å². The molecular weight excluding hydrogens is 361 g/mol. The molecule has 1 aliphatic heterocycles. The number of rotatable bonds is 5. The van der Waals surface area contributed by atoms with Gasteiger partial charge in [-0.3, -0.25) is 4.79 Å². The Labute approximate surface area is 156 Å². The Morgan fingerprint density at radius 1 is 1.37 bits per heavy atom. The molecule has 0 radical (unpaired) electrons. The molecule has 0 unspecified atom stereocenters. The van der Waals surface area contributed by atoms with Gasteiger partial charge in [0, 0.05) is 24.6 Å². The molecule has 1 aliphatic carbocycles. The number of nitrogens with zero attached hydrogens (tertiary/aromatic N) is 2. The molecule has 1 saturated heterocycles. The van der Waals surface area contributed by atoms with E-state index in [0.29, 0.717) is 19.5 Å². The summed E-state index contributed by atoms with van der Waals surface area (Å²) >= 11 is 0. The van der Waals surface area contributed by atoms with Crippen LogP contribution in [0.25, 0.3) is 0 Å². The van der Waals surface area contributed by atoms with Crippen LogP contribution in [0.15, 0.2) is 18.2 Å². The maximum absolute atomic E-state index is 12.7. The molecule has 1 N–H and O–H groups in total. The van der Waals surface area contributed by atoms with Crippen LogP contribution in [0, 0.1) is 11.3 Å². The smallest absolute Gasteiger partial charge is 0.433 e.